The number of aryl methyl sites for hydroxylation is 1. The van der Waals surface area contributed by atoms with E-state index in [1.807, 2.05) is 29.9 Å². The molecule has 0 bridgehead atoms. The lowest BCUT2D eigenvalue weighted by molar-refractivity contribution is -0.140. The van der Waals surface area contributed by atoms with Gasteiger partial charge in [0.1, 0.15) is 5.69 Å². The minimum Gasteiger partial charge on any atom is -0.379 e. The minimum absolute atomic E-state index is 0.0733. The number of likely N-dealkylation sites (tertiary alicyclic amines) is 1. The van der Waals surface area contributed by atoms with Crippen LogP contribution in [0.15, 0.2) is 18.3 Å². The molecule has 142 valence electrons. The third-order valence-corrected chi connectivity index (χ3v) is 6.37. The number of nitrogens with one attached hydrogen (secondary N) is 1. The van der Waals surface area contributed by atoms with E-state index in [4.69, 9.17) is 4.74 Å². The summed E-state index contributed by atoms with van der Waals surface area (Å²) < 4.78 is 7.46. The number of nitrogens with zero attached hydrogens (tertiary/aromatic N) is 2. The topological polar surface area (TPSA) is 63.6 Å². The van der Waals surface area contributed by atoms with Gasteiger partial charge in [-0.2, -0.15) is 0 Å². The zero-order valence-electron chi connectivity index (χ0n) is 15.5. The Hall–Kier alpha value is -1.82. The van der Waals surface area contributed by atoms with Crippen molar-refractivity contribution >= 4 is 11.8 Å². The second-order valence-electron chi connectivity index (χ2n) is 8.05. The quantitative estimate of drug-likeness (QED) is 0.894. The fourth-order valence-corrected chi connectivity index (χ4v) is 4.94. The Kier molecular flexibility index (Phi) is 5.02. The lowest BCUT2D eigenvalue weighted by Crippen LogP contribution is -2.50. The molecule has 3 fully saturated rings. The molecule has 0 aromatic carbocycles. The largest absolute Gasteiger partial charge is 0.379 e. The summed E-state index contributed by atoms with van der Waals surface area (Å²) >= 11 is 0. The zero-order chi connectivity index (χ0) is 18.1. The maximum Gasteiger partial charge on any atom is 0.267 e. The normalized spacial score (nSPS) is 29.0. The van der Waals surface area contributed by atoms with Gasteiger partial charge in [0, 0.05) is 37.7 Å². The van der Waals surface area contributed by atoms with E-state index in [2.05, 4.69) is 10.2 Å². The van der Waals surface area contributed by atoms with Crippen molar-refractivity contribution in [2.45, 2.75) is 50.6 Å². The highest BCUT2D eigenvalue weighted by Crippen LogP contribution is 2.37. The fraction of sp³-hybridized carbons (Fsp3) is 0.700. The first-order valence-electron chi connectivity index (χ1n) is 9.94. The number of ether oxygens (including phenoxy) is 1. The van der Waals surface area contributed by atoms with E-state index < -0.39 is 0 Å². The first-order chi connectivity index (χ1) is 12.6. The molecule has 1 aromatic heterocycles. The molecule has 1 N–H and O–H groups in total. The highest BCUT2D eigenvalue weighted by molar-refractivity contribution is 5.92. The maximum atomic E-state index is 13.2. The van der Waals surface area contributed by atoms with Crippen LogP contribution in [-0.4, -0.2) is 53.1 Å². The highest BCUT2D eigenvalue weighted by Gasteiger charge is 2.48. The Morgan fingerprint density at radius 1 is 1.23 bits per heavy atom. The number of amides is 2. The lowest BCUT2D eigenvalue weighted by Gasteiger charge is -2.34. The van der Waals surface area contributed by atoms with E-state index in [0.717, 1.165) is 38.7 Å². The Bertz CT molecular complexity index is 665. The van der Waals surface area contributed by atoms with Crippen molar-refractivity contribution in [3.8, 4) is 0 Å². The molecule has 3 aliphatic rings. The number of aromatic nitrogens is 1. The van der Waals surface area contributed by atoms with Gasteiger partial charge in [-0.1, -0.05) is 19.3 Å². The van der Waals surface area contributed by atoms with Crippen molar-refractivity contribution in [3.63, 3.8) is 0 Å². The average molecular weight is 359 g/mol. The van der Waals surface area contributed by atoms with Gasteiger partial charge in [-0.15, -0.1) is 0 Å². The molecule has 0 radical (unpaired) electrons. The number of hydrogen-bond acceptors (Lipinski definition) is 3. The molecular formula is C20H29N3O3. The maximum absolute atomic E-state index is 13.2. The number of carbonyl (C=O) groups is 2. The van der Waals surface area contributed by atoms with Crippen LogP contribution in [-0.2, 0) is 16.6 Å². The van der Waals surface area contributed by atoms with Crippen LogP contribution < -0.4 is 5.32 Å². The fourth-order valence-electron chi connectivity index (χ4n) is 4.94. The van der Waals surface area contributed by atoms with Crippen LogP contribution in [0.2, 0.25) is 0 Å². The van der Waals surface area contributed by atoms with Crippen molar-refractivity contribution in [2.75, 3.05) is 19.8 Å². The molecule has 4 rings (SSSR count). The molecule has 1 saturated carbocycles. The molecule has 26 heavy (non-hydrogen) atoms. The number of carbonyl (C=O) groups excluding carboxylic acids is 2. The molecule has 6 nitrogen and oxygen atoms in total. The monoisotopic (exact) mass is 359 g/mol. The van der Waals surface area contributed by atoms with Gasteiger partial charge in [-0.05, 0) is 31.4 Å². The summed E-state index contributed by atoms with van der Waals surface area (Å²) in [4.78, 5) is 27.8. The molecule has 3 heterocycles. The van der Waals surface area contributed by atoms with E-state index >= 15 is 0 Å². The third-order valence-electron chi connectivity index (χ3n) is 6.37. The predicted octanol–water partition coefficient (Wildman–Crippen LogP) is 1.95. The van der Waals surface area contributed by atoms with Crippen LogP contribution in [0, 0.1) is 11.8 Å². The van der Waals surface area contributed by atoms with E-state index in [-0.39, 0.29) is 23.9 Å². The van der Waals surface area contributed by atoms with Gasteiger partial charge in [0.15, 0.2) is 0 Å². The molecule has 3 unspecified atom stereocenters. The van der Waals surface area contributed by atoms with Gasteiger partial charge in [0.25, 0.3) is 5.91 Å². The summed E-state index contributed by atoms with van der Waals surface area (Å²) in [5, 5.41) is 3.05. The molecular weight excluding hydrogens is 330 g/mol. The number of rotatable bonds is 4. The number of hydrogen-bond donors (Lipinski definition) is 1. The Balaban J connectivity index is 1.44. The second-order valence-corrected chi connectivity index (χ2v) is 8.05. The van der Waals surface area contributed by atoms with E-state index in [9.17, 15) is 9.59 Å². The van der Waals surface area contributed by atoms with Crippen molar-refractivity contribution in [1.29, 1.82) is 0 Å². The predicted molar refractivity (Wildman–Crippen MR) is 97.7 cm³/mol. The van der Waals surface area contributed by atoms with Gasteiger partial charge in [0.2, 0.25) is 5.91 Å². The van der Waals surface area contributed by atoms with Crippen LogP contribution in [0.3, 0.4) is 0 Å². The minimum atomic E-state index is -0.0733. The van der Waals surface area contributed by atoms with Gasteiger partial charge in [0.05, 0.1) is 19.3 Å². The van der Waals surface area contributed by atoms with Crippen LogP contribution in [0.1, 0.15) is 49.0 Å². The number of fused-ring (bicyclic) bond motifs is 1. The van der Waals surface area contributed by atoms with Gasteiger partial charge in [-0.3, -0.25) is 9.59 Å². The standard InChI is InChI=1S/C20H29N3O3/c1-22-9-5-8-17(22)19(24)21-11-16-10-15-12-26-13-18(15)23(16)20(25)14-6-3-2-4-7-14/h5,8-9,14-16,18H,2-4,6-7,10-13H2,1H3,(H,21,24). The highest BCUT2D eigenvalue weighted by atomic mass is 16.5. The Morgan fingerprint density at radius 3 is 2.77 bits per heavy atom. The summed E-state index contributed by atoms with van der Waals surface area (Å²) in [6.07, 6.45) is 8.37. The van der Waals surface area contributed by atoms with Crippen molar-refractivity contribution in [1.82, 2.24) is 14.8 Å². The molecule has 1 aliphatic carbocycles. The second kappa shape index (κ2) is 7.43. The van der Waals surface area contributed by atoms with Crippen LogP contribution in [0.25, 0.3) is 0 Å². The van der Waals surface area contributed by atoms with Crippen LogP contribution in [0.5, 0.6) is 0 Å². The van der Waals surface area contributed by atoms with Crippen molar-refractivity contribution < 1.29 is 14.3 Å². The van der Waals surface area contributed by atoms with Crippen molar-refractivity contribution in [2.24, 2.45) is 18.9 Å². The van der Waals surface area contributed by atoms with Gasteiger partial charge < -0.3 is 19.5 Å². The molecule has 2 aliphatic heterocycles. The molecule has 6 heteroatoms. The first-order valence-corrected chi connectivity index (χ1v) is 9.94. The molecule has 3 atom stereocenters. The Labute approximate surface area is 154 Å². The first kappa shape index (κ1) is 17.6. The molecule has 1 aromatic rings. The zero-order valence-corrected chi connectivity index (χ0v) is 15.5. The van der Waals surface area contributed by atoms with Crippen LogP contribution in [0.4, 0.5) is 0 Å². The smallest absolute Gasteiger partial charge is 0.267 e. The van der Waals surface area contributed by atoms with Crippen LogP contribution >= 0.6 is 0 Å². The Morgan fingerprint density at radius 2 is 2.04 bits per heavy atom. The molecule has 2 amide bonds. The third kappa shape index (κ3) is 3.27. The SMILES string of the molecule is Cn1cccc1C(=O)NCC1CC2COCC2N1C(=O)C1CCCCC1. The summed E-state index contributed by atoms with van der Waals surface area (Å²) in [5.74, 6) is 0.797. The van der Waals surface area contributed by atoms with Crippen molar-refractivity contribution in [3.05, 3.63) is 24.0 Å². The summed E-state index contributed by atoms with van der Waals surface area (Å²) in [6.45, 7) is 1.90. The van der Waals surface area contributed by atoms with E-state index in [1.54, 1.807) is 0 Å². The van der Waals surface area contributed by atoms with Gasteiger partial charge in [-0.25, -0.2) is 0 Å². The van der Waals surface area contributed by atoms with E-state index in [1.165, 1.54) is 6.42 Å². The lowest BCUT2D eigenvalue weighted by atomic mass is 9.88. The van der Waals surface area contributed by atoms with Gasteiger partial charge >= 0.3 is 0 Å². The molecule has 2 saturated heterocycles. The summed E-state index contributed by atoms with van der Waals surface area (Å²) in [5.41, 5.74) is 0.650. The summed E-state index contributed by atoms with van der Waals surface area (Å²) in [6, 6.07) is 3.97. The molecule has 0 spiro atoms. The summed E-state index contributed by atoms with van der Waals surface area (Å²) in [7, 11) is 1.87. The van der Waals surface area contributed by atoms with E-state index in [0.29, 0.717) is 30.7 Å². The average Bonchev–Trinajstić information content (AvgIpc) is 3.35.